The van der Waals surface area contributed by atoms with Crippen LogP contribution < -0.4 is 0 Å². The van der Waals surface area contributed by atoms with Gasteiger partial charge in [-0.3, -0.25) is 4.40 Å². The van der Waals surface area contributed by atoms with E-state index in [9.17, 15) is 0 Å². The maximum atomic E-state index is 4.49. The van der Waals surface area contributed by atoms with Crippen LogP contribution in [0.2, 0.25) is 0 Å². The second kappa shape index (κ2) is 3.33. The lowest BCUT2D eigenvalue weighted by Crippen LogP contribution is -1.91. The Morgan fingerprint density at radius 1 is 0.944 bits per heavy atom. The van der Waals surface area contributed by atoms with E-state index in [1.807, 2.05) is 12.4 Å². The molecule has 86 valence electrons. The van der Waals surface area contributed by atoms with E-state index in [1.54, 1.807) is 0 Å². The van der Waals surface area contributed by atoms with Crippen molar-refractivity contribution < 1.29 is 0 Å². The minimum atomic E-state index is 1.03. The van der Waals surface area contributed by atoms with Crippen LogP contribution in [0.5, 0.6) is 0 Å². The van der Waals surface area contributed by atoms with E-state index >= 15 is 0 Å². The first-order chi connectivity index (χ1) is 8.86. The van der Waals surface area contributed by atoms with Crippen molar-refractivity contribution in [3.05, 3.63) is 60.4 Å². The molecule has 0 aliphatic carbocycles. The summed E-state index contributed by atoms with van der Waals surface area (Å²) < 4.78 is 2.17. The number of hydrogen-bond donors (Lipinski definition) is 0. The highest BCUT2D eigenvalue weighted by Gasteiger charge is 2.09. The second-order valence-electron chi connectivity index (χ2n) is 4.64. The summed E-state index contributed by atoms with van der Waals surface area (Å²) in [6, 6.07) is 14.9. The van der Waals surface area contributed by atoms with Gasteiger partial charge in [-0.05, 0) is 23.9 Å². The highest BCUT2D eigenvalue weighted by molar-refractivity contribution is 6.12. The highest BCUT2D eigenvalue weighted by Crippen LogP contribution is 2.30. The maximum Gasteiger partial charge on any atom is 0.145 e. The molecule has 2 heterocycles. The molecule has 0 radical (unpaired) electrons. The molecule has 18 heavy (non-hydrogen) atoms. The SMILES string of the molecule is Cc1cccc2c1c1ccccc1c1nccn21. The summed E-state index contributed by atoms with van der Waals surface area (Å²) in [5.41, 5.74) is 3.56. The van der Waals surface area contributed by atoms with E-state index < -0.39 is 0 Å². The monoisotopic (exact) mass is 232 g/mol. The molecule has 0 bridgehead atoms. The molecule has 0 fully saturated rings. The largest absolute Gasteiger partial charge is 0.299 e. The van der Waals surface area contributed by atoms with Crippen LogP contribution in [0.3, 0.4) is 0 Å². The summed E-state index contributed by atoms with van der Waals surface area (Å²) in [4.78, 5) is 4.49. The third kappa shape index (κ3) is 1.10. The lowest BCUT2D eigenvalue weighted by molar-refractivity contribution is 1.27. The first-order valence-electron chi connectivity index (χ1n) is 6.09. The van der Waals surface area contributed by atoms with E-state index in [0.29, 0.717) is 0 Å². The van der Waals surface area contributed by atoms with Gasteiger partial charge in [-0.2, -0.15) is 0 Å². The lowest BCUT2D eigenvalue weighted by atomic mass is 10.0. The van der Waals surface area contributed by atoms with E-state index in [4.69, 9.17) is 0 Å². The fourth-order valence-corrected chi connectivity index (χ4v) is 2.80. The Kier molecular flexibility index (Phi) is 1.78. The zero-order valence-corrected chi connectivity index (χ0v) is 10.1. The summed E-state index contributed by atoms with van der Waals surface area (Å²) in [7, 11) is 0. The van der Waals surface area contributed by atoms with Gasteiger partial charge in [0.1, 0.15) is 5.65 Å². The van der Waals surface area contributed by atoms with Crippen molar-refractivity contribution in [3.8, 4) is 0 Å². The zero-order valence-electron chi connectivity index (χ0n) is 10.1. The molecular formula is C16H12N2. The Morgan fingerprint density at radius 3 is 2.67 bits per heavy atom. The summed E-state index contributed by atoms with van der Waals surface area (Å²) in [6.45, 7) is 2.16. The molecule has 0 aliphatic rings. The molecule has 2 aromatic carbocycles. The molecule has 0 atom stereocenters. The van der Waals surface area contributed by atoms with Crippen LogP contribution in [0, 0.1) is 6.92 Å². The molecule has 4 rings (SSSR count). The lowest BCUT2D eigenvalue weighted by Gasteiger charge is -2.10. The van der Waals surface area contributed by atoms with Crippen LogP contribution in [-0.4, -0.2) is 9.38 Å². The molecular weight excluding hydrogens is 220 g/mol. The Labute approximate surface area is 104 Å². The Balaban J connectivity index is 2.49. The molecule has 2 nitrogen and oxygen atoms in total. The van der Waals surface area contributed by atoms with Gasteiger partial charge in [0.25, 0.3) is 0 Å². The van der Waals surface area contributed by atoms with E-state index in [-0.39, 0.29) is 0 Å². The highest BCUT2D eigenvalue weighted by atomic mass is 15.0. The van der Waals surface area contributed by atoms with Crippen LogP contribution in [0.15, 0.2) is 54.9 Å². The fraction of sp³-hybridized carbons (Fsp3) is 0.0625. The first-order valence-corrected chi connectivity index (χ1v) is 6.09. The normalized spacial score (nSPS) is 11.6. The average molecular weight is 232 g/mol. The van der Waals surface area contributed by atoms with Crippen molar-refractivity contribution in [1.82, 2.24) is 9.38 Å². The molecule has 0 saturated carbocycles. The van der Waals surface area contributed by atoms with Gasteiger partial charge in [0.15, 0.2) is 0 Å². The summed E-state index contributed by atoms with van der Waals surface area (Å²) in [5.74, 6) is 0. The van der Waals surface area contributed by atoms with E-state index in [1.165, 1.54) is 27.2 Å². The predicted octanol–water partition coefficient (Wildman–Crippen LogP) is 3.95. The van der Waals surface area contributed by atoms with Crippen molar-refractivity contribution in [1.29, 1.82) is 0 Å². The minimum absolute atomic E-state index is 1.03. The van der Waals surface area contributed by atoms with Crippen molar-refractivity contribution in [2.24, 2.45) is 0 Å². The molecule has 0 amide bonds. The van der Waals surface area contributed by atoms with Gasteiger partial charge in [-0.1, -0.05) is 36.4 Å². The maximum absolute atomic E-state index is 4.49. The molecule has 0 unspecified atom stereocenters. The molecule has 4 aromatic rings. The third-order valence-corrected chi connectivity index (χ3v) is 3.59. The number of aromatic nitrogens is 2. The van der Waals surface area contributed by atoms with Crippen LogP contribution in [0.1, 0.15) is 5.56 Å². The molecule has 0 saturated heterocycles. The Morgan fingerprint density at radius 2 is 1.78 bits per heavy atom. The van der Waals surface area contributed by atoms with E-state index in [2.05, 4.69) is 58.8 Å². The van der Waals surface area contributed by atoms with Gasteiger partial charge in [0.05, 0.1) is 5.52 Å². The van der Waals surface area contributed by atoms with Crippen LogP contribution in [0.4, 0.5) is 0 Å². The second-order valence-corrected chi connectivity index (χ2v) is 4.64. The van der Waals surface area contributed by atoms with Gasteiger partial charge >= 0.3 is 0 Å². The quantitative estimate of drug-likeness (QED) is 0.420. The van der Waals surface area contributed by atoms with Crippen molar-refractivity contribution in [2.45, 2.75) is 6.92 Å². The zero-order chi connectivity index (χ0) is 12.1. The van der Waals surface area contributed by atoms with Gasteiger partial charge in [-0.15, -0.1) is 0 Å². The van der Waals surface area contributed by atoms with Crippen molar-refractivity contribution >= 4 is 27.3 Å². The predicted molar refractivity (Wildman–Crippen MR) is 74.9 cm³/mol. The number of hydrogen-bond acceptors (Lipinski definition) is 1. The van der Waals surface area contributed by atoms with Crippen molar-refractivity contribution in [3.63, 3.8) is 0 Å². The van der Waals surface area contributed by atoms with Gasteiger partial charge in [0.2, 0.25) is 0 Å². The van der Waals surface area contributed by atoms with Gasteiger partial charge in [0, 0.05) is 23.2 Å². The first kappa shape index (κ1) is 9.66. The number of benzene rings is 2. The number of fused-ring (bicyclic) bond motifs is 6. The number of nitrogens with zero attached hydrogens (tertiary/aromatic N) is 2. The topological polar surface area (TPSA) is 17.3 Å². The Hall–Kier alpha value is -2.35. The molecule has 0 N–H and O–H groups in total. The molecule has 2 aromatic heterocycles. The average Bonchev–Trinajstić information content (AvgIpc) is 2.88. The minimum Gasteiger partial charge on any atom is -0.299 e. The summed E-state index contributed by atoms with van der Waals surface area (Å²) in [6.07, 6.45) is 3.90. The van der Waals surface area contributed by atoms with Gasteiger partial charge < -0.3 is 0 Å². The third-order valence-electron chi connectivity index (χ3n) is 3.59. The van der Waals surface area contributed by atoms with E-state index in [0.717, 1.165) is 5.65 Å². The number of aryl methyl sites for hydroxylation is 1. The Bertz CT molecular complexity index is 887. The molecule has 0 aliphatic heterocycles. The van der Waals surface area contributed by atoms with Crippen LogP contribution in [0.25, 0.3) is 27.3 Å². The van der Waals surface area contributed by atoms with Gasteiger partial charge in [-0.25, -0.2) is 4.98 Å². The number of imidazole rings is 1. The molecule has 0 spiro atoms. The van der Waals surface area contributed by atoms with Crippen LogP contribution in [-0.2, 0) is 0 Å². The fourth-order valence-electron chi connectivity index (χ4n) is 2.80. The summed E-state index contributed by atoms with van der Waals surface area (Å²) in [5, 5.41) is 3.81. The smallest absolute Gasteiger partial charge is 0.145 e. The van der Waals surface area contributed by atoms with Crippen molar-refractivity contribution in [2.75, 3.05) is 0 Å². The molecule has 2 heteroatoms. The number of pyridine rings is 1. The van der Waals surface area contributed by atoms with Crippen LogP contribution >= 0.6 is 0 Å². The number of rotatable bonds is 0. The standard InChI is InChI=1S/C16H12N2/c1-11-5-4-8-14-15(11)12-6-2-3-7-13(12)16-17-9-10-18(14)16/h2-10H,1H3. The summed E-state index contributed by atoms with van der Waals surface area (Å²) >= 11 is 0.